The van der Waals surface area contributed by atoms with Gasteiger partial charge in [-0.05, 0) is 42.2 Å². The van der Waals surface area contributed by atoms with Crippen molar-refractivity contribution in [2.75, 3.05) is 51.8 Å². The molecule has 0 aromatic heterocycles. The molecule has 0 bridgehead atoms. The lowest BCUT2D eigenvalue weighted by atomic mass is 9.93. The smallest absolute Gasteiger partial charge is 0.255 e. The van der Waals surface area contributed by atoms with Crippen molar-refractivity contribution in [2.24, 2.45) is 4.99 Å². The van der Waals surface area contributed by atoms with E-state index in [9.17, 15) is 9.59 Å². The Morgan fingerprint density at radius 2 is 1.92 bits per heavy atom. The van der Waals surface area contributed by atoms with Crippen molar-refractivity contribution < 1.29 is 19.1 Å². The van der Waals surface area contributed by atoms with Gasteiger partial charge in [-0.1, -0.05) is 42.1 Å². The number of carbonyl (C=O) groups is 2. The lowest BCUT2D eigenvalue weighted by molar-refractivity contribution is -0.120. The van der Waals surface area contributed by atoms with Crippen molar-refractivity contribution in [3.05, 3.63) is 82.5 Å². The molecule has 3 aliphatic heterocycles. The molecule has 204 valence electrons. The van der Waals surface area contributed by atoms with Gasteiger partial charge in [0.15, 0.2) is 5.17 Å². The number of rotatable bonds is 9. The van der Waals surface area contributed by atoms with E-state index in [1.165, 1.54) is 11.8 Å². The second-order valence-electron chi connectivity index (χ2n) is 9.47. The molecular formula is C29H33N5O4S. The van der Waals surface area contributed by atoms with Crippen molar-refractivity contribution >= 4 is 34.4 Å². The van der Waals surface area contributed by atoms with Crippen LogP contribution in [0.4, 0.5) is 5.69 Å². The summed E-state index contributed by atoms with van der Waals surface area (Å²) in [6.45, 7) is 6.44. The summed E-state index contributed by atoms with van der Waals surface area (Å²) in [6.07, 6.45) is 0.183. The van der Waals surface area contributed by atoms with Crippen molar-refractivity contribution in [1.29, 1.82) is 0 Å². The molecule has 0 unspecified atom stereocenters. The van der Waals surface area contributed by atoms with Gasteiger partial charge in [0.25, 0.3) is 5.91 Å². The summed E-state index contributed by atoms with van der Waals surface area (Å²) in [5.41, 5.74) is 3.54. The van der Waals surface area contributed by atoms with Gasteiger partial charge >= 0.3 is 0 Å². The molecule has 2 N–H and O–H groups in total. The fourth-order valence-electron chi connectivity index (χ4n) is 4.91. The van der Waals surface area contributed by atoms with E-state index < -0.39 is 6.04 Å². The summed E-state index contributed by atoms with van der Waals surface area (Å²) < 4.78 is 10.9. The number of hydrogen-bond acceptors (Lipinski definition) is 8. The third-order valence-electron chi connectivity index (χ3n) is 6.88. The molecule has 0 radical (unpaired) electrons. The molecule has 1 atom stereocenters. The number of amidine groups is 1. The predicted octanol–water partition coefficient (Wildman–Crippen LogP) is 3.75. The molecule has 0 saturated carbocycles. The largest absolute Gasteiger partial charge is 0.497 e. The SMILES string of the molecule is COc1cccc([C@@H]2C(C(=O)Nc3ccccc3)=C(C)N=C3SC=C(CC(=O)NCCN4CCOCC4)N32)c1. The van der Waals surface area contributed by atoms with E-state index in [2.05, 4.69) is 15.5 Å². The first-order chi connectivity index (χ1) is 19.0. The Morgan fingerprint density at radius 3 is 2.69 bits per heavy atom. The summed E-state index contributed by atoms with van der Waals surface area (Å²) in [4.78, 5) is 35.8. The maximum absolute atomic E-state index is 13.7. The van der Waals surface area contributed by atoms with Crippen LogP contribution in [0.15, 0.2) is 82.0 Å². The van der Waals surface area contributed by atoms with Gasteiger partial charge in [-0.2, -0.15) is 0 Å². The van der Waals surface area contributed by atoms with Gasteiger partial charge in [0.05, 0.1) is 44.1 Å². The van der Waals surface area contributed by atoms with Crippen LogP contribution in [0, 0.1) is 0 Å². The maximum atomic E-state index is 13.7. The number of hydrogen-bond donors (Lipinski definition) is 2. The van der Waals surface area contributed by atoms with E-state index >= 15 is 0 Å². The minimum absolute atomic E-state index is 0.0673. The first-order valence-corrected chi connectivity index (χ1v) is 13.9. The van der Waals surface area contributed by atoms with Gasteiger partial charge in [-0.25, -0.2) is 4.99 Å². The normalized spacial score (nSPS) is 19.2. The monoisotopic (exact) mass is 547 g/mol. The number of thioether (sulfide) groups is 1. The van der Waals surface area contributed by atoms with Gasteiger partial charge in [0.2, 0.25) is 5.91 Å². The van der Waals surface area contributed by atoms with Crippen LogP contribution >= 0.6 is 11.8 Å². The zero-order valence-electron chi connectivity index (χ0n) is 22.2. The summed E-state index contributed by atoms with van der Waals surface area (Å²) in [6, 6.07) is 16.6. The number of nitrogens with one attached hydrogen (secondary N) is 2. The third-order valence-corrected chi connectivity index (χ3v) is 7.77. The molecule has 3 aliphatic rings. The first-order valence-electron chi connectivity index (χ1n) is 13.0. The minimum atomic E-state index is -0.473. The Morgan fingerprint density at radius 1 is 1.13 bits per heavy atom. The Kier molecular flexibility index (Phi) is 8.65. The predicted molar refractivity (Wildman–Crippen MR) is 153 cm³/mol. The molecule has 3 heterocycles. The number of para-hydroxylation sites is 1. The van der Waals surface area contributed by atoms with Gasteiger partial charge in [-0.15, -0.1) is 0 Å². The number of aliphatic imine (C=N–C) groups is 1. The zero-order valence-corrected chi connectivity index (χ0v) is 23.0. The van der Waals surface area contributed by atoms with E-state index in [1.54, 1.807) is 7.11 Å². The van der Waals surface area contributed by atoms with Crippen molar-refractivity contribution in [2.45, 2.75) is 19.4 Å². The number of methoxy groups -OCH3 is 1. The molecule has 1 fully saturated rings. The van der Waals surface area contributed by atoms with Crippen LogP contribution in [0.1, 0.15) is 24.9 Å². The molecule has 1 saturated heterocycles. The molecule has 10 heteroatoms. The average Bonchev–Trinajstić information content (AvgIpc) is 3.34. The number of fused-ring (bicyclic) bond motifs is 1. The van der Waals surface area contributed by atoms with Crippen molar-refractivity contribution in [3.63, 3.8) is 0 Å². The Bertz CT molecular complexity index is 1300. The highest BCUT2D eigenvalue weighted by atomic mass is 32.2. The van der Waals surface area contributed by atoms with E-state index in [0.717, 1.165) is 49.3 Å². The Balaban J connectivity index is 1.38. The molecule has 0 spiro atoms. The topological polar surface area (TPSA) is 95.5 Å². The second-order valence-corrected chi connectivity index (χ2v) is 10.3. The highest BCUT2D eigenvalue weighted by Crippen LogP contribution is 2.45. The van der Waals surface area contributed by atoms with E-state index in [1.807, 2.05) is 71.8 Å². The molecule has 5 rings (SSSR count). The second kappa shape index (κ2) is 12.5. The average molecular weight is 548 g/mol. The number of nitrogens with zero attached hydrogens (tertiary/aromatic N) is 3. The van der Waals surface area contributed by atoms with Crippen LogP contribution in [0.5, 0.6) is 5.75 Å². The number of amides is 2. The number of benzene rings is 2. The van der Waals surface area contributed by atoms with Gasteiger partial charge < -0.3 is 25.0 Å². The number of anilines is 1. The quantitative estimate of drug-likeness (QED) is 0.494. The summed E-state index contributed by atoms with van der Waals surface area (Å²) in [5.74, 6) is 0.387. The van der Waals surface area contributed by atoms with Crippen LogP contribution in [-0.4, -0.2) is 73.3 Å². The molecular weight excluding hydrogens is 514 g/mol. The molecule has 2 amide bonds. The van der Waals surface area contributed by atoms with E-state index in [-0.39, 0.29) is 18.2 Å². The van der Waals surface area contributed by atoms with E-state index in [4.69, 9.17) is 14.5 Å². The molecule has 0 aliphatic carbocycles. The number of morpholine rings is 1. The van der Waals surface area contributed by atoms with Gasteiger partial charge in [-0.3, -0.25) is 14.5 Å². The lowest BCUT2D eigenvalue weighted by Gasteiger charge is -2.36. The highest BCUT2D eigenvalue weighted by molar-refractivity contribution is 8.16. The maximum Gasteiger partial charge on any atom is 0.255 e. The van der Waals surface area contributed by atoms with Crippen LogP contribution in [0.3, 0.4) is 0 Å². The summed E-state index contributed by atoms with van der Waals surface area (Å²) >= 11 is 1.47. The molecule has 9 nitrogen and oxygen atoms in total. The van der Waals surface area contributed by atoms with Crippen LogP contribution in [-0.2, 0) is 14.3 Å². The minimum Gasteiger partial charge on any atom is -0.497 e. The first kappa shape index (κ1) is 27.0. The van der Waals surface area contributed by atoms with Crippen LogP contribution < -0.4 is 15.4 Å². The van der Waals surface area contributed by atoms with Gasteiger partial charge in [0, 0.05) is 37.6 Å². The summed E-state index contributed by atoms with van der Waals surface area (Å²) in [5, 5.41) is 8.77. The fourth-order valence-corrected chi connectivity index (χ4v) is 5.88. The summed E-state index contributed by atoms with van der Waals surface area (Å²) in [7, 11) is 1.62. The number of carbonyl (C=O) groups excluding carboxylic acids is 2. The number of allylic oxidation sites excluding steroid dienone is 1. The van der Waals surface area contributed by atoms with Crippen LogP contribution in [0.25, 0.3) is 0 Å². The lowest BCUT2D eigenvalue weighted by Crippen LogP contribution is -2.42. The molecule has 2 aromatic carbocycles. The third kappa shape index (κ3) is 6.35. The van der Waals surface area contributed by atoms with Crippen molar-refractivity contribution in [1.82, 2.24) is 15.1 Å². The van der Waals surface area contributed by atoms with E-state index in [0.29, 0.717) is 29.3 Å². The fraction of sp³-hybridized carbons (Fsp3) is 0.345. The molecule has 39 heavy (non-hydrogen) atoms. The highest BCUT2D eigenvalue weighted by Gasteiger charge is 2.40. The standard InChI is InChI=1S/C29H33N5O4S/c1-20-26(28(36)32-22-8-4-3-5-9-22)27(21-7-6-10-24(17-21)37-2)34-23(19-39-29(34)31-20)18-25(35)30-11-12-33-13-15-38-16-14-33/h3-10,17,19,27H,11-16,18H2,1-2H3,(H,30,35)(H,32,36)/t27-/m1/s1. The van der Waals surface area contributed by atoms with Crippen molar-refractivity contribution in [3.8, 4) is 5.75 Å². The Hall–Kier alpha value is -3.60. The molecule has 2 aromatic rings. The number of ether oxygens (including phenoxy) is 2. The van der Waals surface area contributed by atoms with Gasteiger partial charge in [0.1, 0.15) is 5.75 Å². The van der Waals surface area contributed by atoms with Crippen LogP contribution in [0.2, 0.25) is 0 Å². The Labute approximate surface area is 232 Å². The zero-order chi connectivity index (χ0) is 27.2.